The Bertz CT molecular complexity index is 865. The fourth-order valence-corrected chi connectivity index (χ4v) is 3.22. The van der Waals surface area contributed by atoms with Gasteiger partial charge >= 0.3 is 0 Å². The lowest BCUT2D eigenvalue weighted by molar-refractivity contribution is -0.128. The highest BCUT2D eigenvalue weighted by Crippen LogP contribution is 2.25. The summed E-state index contributed by atoms with van der Waals surface area (Å²) in [6.45, 7) is 3.68. The van der Waals surface area contributed by atoms with E-state index in [1.807, 2.05) is 13.8 Å². The van der Waals surface area contributed by atoms with Gasteiger partial charge in [0.05, 0.1) is 16.0 Å². The van der Waals surface area contributed by atoms with Crippen LogP contribution in [0, 0.1) is 0 Å². The Morgan fingerprint density at radius 3 is 2.31 bits per heavy atom. The number of hydrogen-bond acceptors (Lipinski definition) is 4. The van der Waals surface area contributed by atoms with Crippen molar-refractivity contribution in [1.82, 2.24) is 5.32 Å². The van der Waals surface area contributed by atoms with Gasteiger partial charge in [0.1, 0.15) is 5.75 Å². The van der Waals surface area contributed by atoms with Crippen molar-refractivity contribution in [1.29, 1.82) is 0 Å². The summed E-state index contributed by atoms with van der Waals surface area (Å²) in [5.41, 5.74) is 0.804. The molecule has 2 atom stereocenters. The van der Waals surface area contributed by atoms with E-state index in [1.165, 1.54) is 12.1 Å². The van der Waals surface area contributed by atoms with Gasteiger partial charge in [0.25, 0.3) is 5.91 Å². The zero-order valence-electron chi connectivity index (χ0n) is 14.9. The maximum absolute atomic E-state index is 12.5. The van der Waals surface area contributed by atoms with E-state index >= 15 is 0 Å². The highest BCUT2D eigenvalue weighted by molar-refractivity contribution is 7.90. The quantitative estimate of drug-likeness (QED) is 0.774. The molecule has 0 saturated carbocycles. The standard InChI is InChI=1S/C19H22ClNO4S/c1-4-17(25-18-8-6-5-7-16(18)20)19(22)21-13(2)14-9-11-15(12-10-14)26(3,23)24/h5-13,17H,4H2,1-3H3,(H,21,22)/t13-,17+/m0/s1. The predicted molar refractivity (Wildman–Crippen MR) is 102 cm³/mol. The number of amides is 1. The van der Waals surface area contributed by atoms with Gasteiger partial charge in [0.15, 0.2) is 15.9 Å². The third-order valence-corrected chi connectivity index (χ3v) is 5.38. The molecule has 7 heteroatoms. The summed E-state index contributed by atoms with van der Waals surface area (Å²) >= 11 is 6.08. The van der Waals surface area contributed by atoms with Crippen LogP contribution >= 0.6 is 11.6 Å². The molecular weight excluding hydrogens is 374 g/mol. The number of halogens is 1. The van der Waals surface area contributed by atoms with Crippen molar-refractivity contribution in [3.63, 3.8) is 0 Å². The summed E-state index contributed by atoms with van der Waals surface area (Å²) in [4.78, 5) is 12.8. The molecular formula is C19H22ClNO4S. The minimum absolute atomic E-state index is 0.244. The zero-order valence-corrected chi connectivity index (χ0v) is 16.5. The summed E-state index contributed by atoms with van der Waals surface area (Å²) in [7, 11) is -3.24. The van der Waals surface area contributed by atoms with Crippen LogP contribution in [0.2, 0.25) is 5.02 Å². The number of carbonyl (C=O) groups is 1. The van der Waals surface area contributed by atoms with Gasteiger partial charge in [-0.05, 0) is 43.2 Å². The van der Waals surface area contributed by atoms with Crippen LogP contribution in [0.4, 0.5) is 0 Å². The van der Waals surface area contributed by atoms with E-state index < -0.39 is 15.9 Å². The number of nitrogens with one attached hydrogen (secondary N) is 1. The molecule has 0 aliphatic heterocycles. The Labute approximate surface area is 159 Å². The molecule has 0 aliphatic carbocycles. The van der Waals surface area contributed by atoms with Gasteiger partial charge in [-0.1, -0.05) is 42.8 Å². The molecule has 0 heterocycles. The van der Waals surface area contributed by atoms with E-state index in [0.717, 1.165) is 11.8 Å². The normalized spacial score (nSPS) is 13.7. The molecule has 2 aromatic rings. The van der Waals surface area contributed by atoms with Crippen LogP contribution in [-0.4, -0.2) is 26.7 Å². The lowest BCUT2D eigenvalue weighted by Gasteiger charge is -2.21. The van der Waals surface area contributed by atoms with Crippen molar-refractivity contribution >= 4 is 27.3 Å². The van der Waals surface area contributed by atoms with Gasteiger partial charge in [-0.25, -0.2) is 8.42 Å². The molecule has 0 bridgehead atoms. The van der Waals surface area contributed by atoms with E-state index in [1.54, 1.807) is 36.4 Å². The fourth-order valence-electron chi connectivity index (χ4n) is 2.41. The van der Waals surface area contributed by atoms with Crippen LogP contribution in [0.3, 0.4) is 0 Å². The van der Waals surface area contributed by atoms with Crippen LogP contribution < -0.4 is 10.1 Å². The van der Waals surface area contributed by atoms with Crippen molar-refractivity contribution in [3.8, 4) is 5.75 Å². The van der Waals surface area contributed by atoms with Crippen LogP contribution in [-0.2, 0) is 14.6 Å². The van der Waals surface area contributed by atoms with Gasteiger partial charge in [0, 0.05) is 6.26 Å². The van der Waals surface area contributed by atoms with E-state index in [-0.39, 0.29) is 16.8 Å². The minimum Gasteiger partial charge on any atom is -0.479 e. The Morgan fingerprint density at radius 1 is 1.15 bits per heavy atom. The van der Waals surface area contributed by atoms with Crippen LogP contribution in [0.15, 0.2) is 53.4 Å². The molecule has 0 spiro atoms. The fraction of sp³-hybridized carbons (Fsp3) is 0.316. The number of para-hydroxylation sites is 1. The lowest BCUT2D eigenvalue weighted by atomic mass is 10.1. The van der Waals surface area contributed by atoms with Gasteiger partial charge in [-0.2, -0.15) is 0 Å². The first-order valence-corrected chi connectivity index (χ1v) is 10.5. The molecule has 1 amide bonds. The van der Waals surface area contributed by atoms with Gasteiger partial charge in [-0.3, -0.25) is 4.79 Å². The smallest absolute Gasteiger partial charge is 0.261 e. The van der Waals surface area contributed by atoms with E-state index in [4.69, 9.17) is 16.3 Å². The van der Waals surface area contributed by atoms with E-state index in [9.17, 15) is 13.2 Å². The second-order valence-corrected chi connectivity index (χ2v) is 8.44. The number of benzene rings is 2. The molecule has 0 fully saturated rings. The molecule has 0 unspecified atom stereocenters. The molecule has 5 nitrogen and oxygen atoms in total. The van der Waals surface area contributed by atoms with E-state index in [0.29, 0.717) is 17.2 Å². The van der Waals surface area contributed by atoms with Crippen LogP contribution in [0.1, 0.15) is 31.9 Å². The second-order valence-electron chi connectivity index (χ2n) is 6.02. The Kier molecular flexibility index (Phi) is 6.67. The Hall–Kier alpha value is -2.05. The summed E-state index contributed by atoms with van der Waals surface area (Å²) < 4.78 is 28.8. The number of hydrogen-bond donors (Lipinski definition) is 1. The number of ether oxygens (including phenoxy) is 1. The number of rotatable bonds is 7. The first-order chi connectivity index (χ1) is 12.2. The van der Waals surface area contributed by atoms with Gasteiger partial charge < -0.3 is 10.1 Å². The molecule has 26 heavy (non-hydrogen) atoms. The highest BCUT2D eigenvalue weighted by atomic mass is 35.5. The molecule has 0 radical (unpaired) electrons. The molecule has 2 rings (SSSR count). The SMILES string of the molecule is CC[C@@H](Oc1ccccc1Cl)C(=O)N[C@@H](C)c1ccc(S(C)(=O)=O)cc1. The average molecular weight is 396 g/mol. The van der Waals surface area contributed by atoms with E-state index in [2.05, 4.69) is 5.32 Å². The lowest BCUT2D eigenvalue weighted by Crippen LogP contribution is -2.39. The van der Waals surface area contributed by atoms with Gasteiger partial charge in [0.2, 0.25) is 0 Å². The molecule has 0 aliphatic rings. The molecule has 1 N–H and O–H groups in total. The number of sulfone groups is 1. The topological polar surface area (TPSA) is 72.5 Å². The first kappa shape index (κ1) is 20.3. The predicted octanol–water partition coefficient (Wildman–Crippen LogP) is 3.78. The molecule has 2 aromatic carbocycles. The summed E-state index contributed by atoms with van der Waals surface area (Å²) in [5.74, 6) is 0.202. The zero-order chi connectivity index (χ0) is 19.3. The Morgan fingerprint density at radius 2 is 1.77 bits per heavy atom. The van der Waals surface area contributed by atoms with Crippen molar-refractivity contribution in [3.05, 3.63) is 59.1 Å². The molecule has 0 saturated heterocycles. The summed E-state index contributed by atoms with van der Waals surface area (Å²) in [6.07, 6.45) is 0.967. The largest absolute Gasteiger partial charge is 0.479 e. The van der Waals surface area contributed by atoms with Crippen LogP contribution in [0.5, 0.6) is 5.75 Å². The highest BCUT2D eigenvalue weighted by Gasteiger charge is 2.21. The third-order valence-electron chi connectivity index (χ3n) is 3.94. The number of carbonyl (C=O) groups excluding carboxylic acids is 1. The minimum atomic E-state index is -3.24. The van der Waals surface area contributed by atoms with Crippen molar-refractivity contribution in [2.45, 2.75) is 37.3 Å². The molecule has 140 valence electrons. The van der Waals surface area contributed by atoms with Crippen molar-refractivity contribution in [2.24, 2.45) is 0 Å². The average Bonchev–Trinajstić information content (AvgIpc) is 2.60. The summed E-state index contributed by atoms with van der Waals surface area (Å²) in [6, 6.07) is 13.2. The van der Waals surface area contributed by atoms with Crippen LogP contribution in [0.25, 0.3) is 0 Å². The Balaban J connectivity index is 2.06. The molecule has 0 aromatic heterocycles. The third kappa shape index (κ3) is 5.22. The maximum atomic E-state index is 12.5. The first-order valence-electron chi connectivity index (χ1n) is 8.24. The van der Waals surface area contributed by atoms with Gasteiger partial charge in [-0.15, -0.1) is 0 Å². The van der Waals surface area contributed by atoms with Crippen molar-refractivity contribution in [2.75, 3.05) is 6.26 Å². The van der Waals surface area contributed by atoms with Crippen molar-refractivity contribution < 1.29 is 17.9 Å². The second kappa shape index (κ2) is 8.56. The monoisotopic (exact) mass is 395 g/mol. The summed E-state index contributed by atoms with van der Waals surface area (Å²) in [5, 5.41) is 3.34. The maximum Gasteiger partial charge on any atom is 0.261 e.